The van der Waals surface area contributed by atoms with Crippen LogP contribution in [0.5, 0.6) is 0 Å². The van der Waals surface area contributed by atoms with E-state index in [1.54, 1.807) is 11.8 Å². The Morgan fingerprint density at radius 3 is 2.85 bits per heavy atom. The maximum atomic E-state index is 10.9. The van der Waals surface area contributed by atoms with Crippen LogP contribution in [0.25, 0.3) is 0 Å². The van der Waals surface area contributed by atoms with Crippen LogP contribution in [0.4, 0.5) is 11.5 Å². The summed E-state index contributed by atoms with van der Waals surface area (Å²) in [7, 11) is 0. The van der Waals surface area contributed by atoms with Gasteiger partial charge < -0.3 is 20.9 Å². The largest absolute Gasteiger partial charge is 0.409 e. The van der Waals surface area contributed by atoms with Crippen LogP contribution in [0.1, 0.15) is 19.0 Å². The summed E-state index contributed by atoms with van der Waals surface area (Å²) in [4.78, 5) is 16.1. The zero-order valence-corrected chi connectivity index (χ0v) is 10.9. The minimum atomic E-state index is -0.819. The number of rotatable bonds is 3. The fourth-order valence-electron chi connectivity index (χ4n) is 2.14. The van der Waals surface area contributed by atoms with Gasteiger partial charge in [0.15, 0.2) is 11.5 Å². The van der Waals surface area contributed by atoms with E-state index in [0.29, 0.717) is 25.3 Å². The van der Waals surface area contributed by atoms with Crippen LogP contribution >= 0.6 is 0 Å². The fraction of sp³-hybridized carbons (Fsp3) is 0.455. The van der Waals surface area contributed by atoms with Crippen LogP contribution in [-0.2, 0) is 0 Å². The van der Waals surface area contributed by atoms with Gasteiger partial charge in [0.2, 0.25) is 0 Å². The molecule has 0 spiro atoms. The molecule has 0 aromatic carbocycles. The van der Waals surface area contributed by atoms with Crippen molar-refractivity contribution in [3.8, 4) is 0 Å². The standard InChI is InChI=1S/C11H15N5O4/c1-11(17)4-5-15(6-11)8-3-2-7(16(19)20)9(13-8)10(12)14-18/h2-3,17-18H,4-6H2,1H3,(H2,12,14). The van der Waals surface area contributed by atoms with E-state index in [9.17, 15) is 15.2 Å². The third-order valence-electron chi connectivity index (χ3n) is 3.18. The molecule has 0 bridgehead atoms. The summed E-state index contributed by atoms with van der Waals surface area (Å²) in [5, 5.41) is 32.3. The molecule has 4 N–H and O–H groups in total. The van der Waals surface area contributed by atoms with Gasteiger partial charge in [-0.25, -0.2) is 4.98 Å². The second-order valence-corrected chi connectivity index (χ2v) is 4.95. The minimum Gasteiger partial charge on any atom is -0.409 e. The first-order chi connectivity index (χ1) is 9.34. The number of nitro groups is 1. The molecule has 1 aromatic rings. The van der Waals surface area contributed by atoms with Crippen LogP contribution in [-0.4, -0.2) is 44.7 Å². The number of pyridine rings is 1. The van der Waals surface area contributed by atoms with Crippen molar-refractivity contribution < 1.29 is 15.2 Å². The van der Waals surface area contributed by atoms with E-state index in [1.165, 1.54) is 12.1 Å². The molecule has 0 saturated carbocycles. The molecule has 1 saturated heterocycles. The Morgan fingerprint density at radius 2 is 2.35 bits per heavy atom. The van der Waals surface area contributed by atoms with Crippen molar-refractivity contribution in [2.75, 3.05) is 18.0 Å². The van der Waals surface area contributed by atoms with Crippen molar-refractivity contribution in [2.24, 2.45) is 10.9 Å². The van der Waals surface area contributed by atoms with Crippen molar-refractivity contribution in [3.63, 3.8) is 0 Å². The van der Waals surface area contributed by atoms with Gasteiger partial charge in [-0.05, 0) is 19.4 Å². The Kier molecular flexibility index (Phi) is 3.45. The Hall–Kier alpha value is -2.42. The van der Waals surface area contributed by atoms with Crippen LogP contribution in [0, 0.1) is 10.1 Å². The van der Waals surface area contributed by atoms with Crippen molar-refractivity contribution in [1.29, 1.82) is 0 Å². The monoisotopic (exact) mass is 281 g/mol. The lowest BCUT2D eigenvalue weighted by molar-refractivity contribution is -0.385. The molecule has 20 heavy (non-hydrogen) atoms. The number of amidine groups is 1. The van der Waals surface area contributed by atoms with Crippen LogP contribution in [0.15, 0.2) is 17.3 Å². The summed E-state index contributed by atoms with van der Waals surface area (Å²) >= 11 is 0. The predicted molar refractivity (Wildman–Crippen MR) is 70.9 cm³/mol. The zero-order chi connectivity index (χ0) is 14.9. The lowest BCUT2D eigenvalue weighted by Crippen LogP contribution is -2.30. The number of nitrogens with zero attached hydrogens (tertiary/aromatic N) is 4. The highest BCUT2D eigenvalue weighted by atomic mass is 16.6. The molecule has 9 heteroatoms. The third kappa shape index (κ3) is 2.62. The first-order valence-electron chi connectivity index (χ1n) is 5.95. The summed E-state index contributed by atoms with van der Waals surface area (Å²) in [5.41, 5.74) is 4.07. The number of hydrogen-bond donors (Lipinski definition) is 3. The van der Waals surface area contributed by atoms with Crippen molar-refractivity contribution in [2.45, 2.75) is 18.9 Å². The summed E-state index contributed by atoms with van der Waals surface area (Å²) in [6, 6.07) is 2.73. The molecule has 1 atom stereocenters. The number of aromatic nitrogens is 1. The molecule has 2 rings (SSSR count). The SMILES string of the molecule is CC1(O)CCN(c2ccc([N+](=O)[O-])c(/C(N)=N/O)n2)C1. The van der Waals surface area contributed by atoms with E-state index in [4.69, 9.17) is 10.9 Å². The molecular weight excluding hydrogens is 266 g/mol. The highest BCUT2D eigenvalue weighted by Crippen LogP contribution is 2.27. The average Bonchev–Trinajstić information content (AvgIpc) is 2.77. The zero-order valence-electron chi connectivity index (χ0n) is 10.9. The molecule has 9 nitrogen and oxygen atoms in total. The third-order valence-corrected chi connectivity index (χ3v) is 3.18. The second-order valence-electron chi connectivity index (χ2n) is 4.95. The maximum absolute atomic E-state index is 10.9. The fourth-order valence-corrected chi connectivity index (χ4v) is 2.14. The van der Waals surface area contributed by atoms with Gasteiger partial charge in [0, 0.05) is 19.2 Å². The van der Waals surface area contributed by atoms with Crippen LogP contribution in [0.2, 0.25) is 0 Å². The van der Waals surface area contributed by atoms with Crippen molar-refractivity contribution >= 4 is 17.3 Å². The smallest absolute Gasteiger partial charge is 0.298 e. The molecule has 1 aliphatic heterocycles. The number of nitrogens with two attached hydrogens (primary N) is 1. The molecule has 0 aliphatic carbocycles. The van der Waals surface area contributed by atoms with E-state index in [-0.39, 0.29) is 11.4 Å². The molecule has 0 radical (unpaired) electrons. The molecular formula is C11H15N5O4. The Morgan fingerprint density at radius 1 is 1.65 bits per heavy atom. The first-order valence-corrected chi connectivity index (χ1v) is 5.95. The lowest BCUT2D eigenvalue weighted by Gasteiger charge is -2.20. The number of anilines is 1. The van der Waals surface area contributed by atoms with Crippen LogP contribution < -0.4 is 10.6 Å². The van der Waals surface area contributed by atoms with E-state index in [1.807, 2.05) is 0 Å². The van der Waals surface area contributed by atoms with E-state index >= 15 is 0 Å². The van der Waals surface area contributed by atoms with Gasteiger partial charge in [-0.3, -0.25) is 10.1 Å². The van der Waals surface area contributed by atoms with Gasteiger partial charge in [0.25, 0.3) is 5.69 Å². The van der Waals surface area contributed by atoms with Crippen molar-refractivity contribution in [1.82, 2.24) is 4.98 Å². The summed E-state index contributed by atoms with van der Waals surface area (Å²) in [6.07, 6.45) is 0.574. The summed E-state index contributed by atoms with van der Waals surface area (Å²) in [5.74, 6) is 0.0134. The topological polar surface area (TPSA) is 138 Å². The highest BCUT2D eigenvalue weighted by molar-refractivity contribution is 5.99. The van der Waals surface area contributed by atoms with E-state index in [2.05, 4.69) is 10.1 Å². The number of aliphatic hydroxyl groups is 1. The van der Waals surface area contributed by atoms with Gasteiger partial charge in [-0.15, -0.1) is 0 Å². The predicted octanol–water partition coefficient (Wildman–Crippen LogP) is 0.0454. The molecule has 0 amide bonds. The molecule has 1 aromatic heterocycles. The van der Waals surface area contributed by atoms with Gasteiger partial charge in [0.05, 0.1) is 10.5 Å². The Balaban J connectivity index is 2.40. The molecule has 1 unspecified atom stereocenters. The van der Waals surface area contributed by atoms with Crippen molar-refractivity contribution in [3.05, 3.63) is 27.9 Å². The maximum Gasteiger partial charge on any atom is 0.298 e. The minimum absolute atomic E-state index is 0.193. The van der Waals surface area contributed by atoms with Gasteiger partial charge in [0.1, 0.15) is 5.82 Å². The second kappa shape index (κ2) is 4.93. The van der Waals surface area contributed by atoms with E-state index in [0.717, 1.165) is 0 Å². The normalized spacial score (nSPS) is 23.1. The highest BCUT2D eigenvalue weighted by Gasteiger charge is 2.33. The Bertz CT molecular complexity index is 572. The molecule has 1 fully saturated rings. The average molecular weight is 281 g/mol. The molecule has 1 aliphatic rings. The number of β-amino-alcohol motifs (C(OH)–C–C–N with tert-alkyl or cyclic N) is 1. The summed E-state index contributed by atoms with van der Waals surface area (Å²) in [6.45, 7) is 2.66. The molecule has 108 valence electrons. The number of hydrogen-bond acceptors (Lipinski definition) is 7. The summed E-state index contributed by atoms with van der Waals surface area (Å²) < 4.78 is 0. The van der Waals surface area contributed by atoms with Gasteiger partial charge in [-0.2, -0.15) is 0 Å². The number of oxime groups is 1. The Labute approximate surface area is 114 Å². The van der Waals surface area contributed by atoms with Gasteiger partial charge in [-0.1, -0.05) is 5.16 Å². The van der Waals surface area contributed by atoms with E-state index < -0.39 is 16.4 Å². The lowest BCUT2D eigenvalue weighted by atomic mass is 10.1. The first kappa shape index (κ1) is 14.0. The quantitative estimate of drug-likeness (QED) is 0.234. The van der Waals surface area contributed by atoms with Crippen LogP contribution in [0.3, 0.4) is 0 Å². The van der Waals surface area contributed by atoms with Gasteiger partial charge >= 0.3 is 0 Å². The molecule has 2 heterocycles.